The van der Waals surface area contributed by atoms with E-state index in [0.717, 1.165) is 5.69 Å². The van der Waals surface area contributed by atoms with Gasteiger partial charge in [0.25, 0.3) is 5.91 Å². The molecule has 18 heavy (non-hydrogen) atoms. The number of carbonyl (C=O) groups excluding carboxylic acids is 1. The van der Waals surface area contributed by atoms with Gasteiger partial charge >= 0.3 is 0 Å². The molecule has 2 aromatic heterocycles. The van der Waals surface area contributed by atoms with Crippen molar-refractivity contribution in [2.45, 2.75) is 20.3 Å². The molecule has 96 valence electrons. The van der Waals surface area contributed by atoms with Crippen LogP contribution in [0.1, 0.15) is 27.8 Å². The van der Waals surface area contributed by atoms with E-state index in [0.29, 0.717) is 30.2 Å². The maximum atomic E-state index is 12.1. The minimum Gasteiger partial charge on any atom is -0.341 e. The number of likely N-dealkylation sites (N-methyl/N-ethyl adjacent to an activating group) is 1. The smallest absolute Gasteiger partial charge is 0.256 e. The average Bonchev–Trinajstić information content (AvgIpc) is 2.94. The van der Waals surface area contributed by atoms with Crippen LogP contribution in [0, 0.1) is 13.8 Å². The molecule has 0 fully saturated rings. The molecule has 6 nitrogen and oxygen atoms in total. The summed E-state index contributed by atoms with van der Waals surface area (Å²) in [4.78, 5) is 17.8. The first kappa shape index (κ1) is 12.7. The normalized spacial score (nSPS) is 10.6. The van der Waals surface area contributed by atoms with E-state index in [9.17, 15) is 4.79 Å². The quantitative estimate of drug-likeness (QED) is 0.837. The van der Waals surface area contributed by atoms with Gasteiger partial charge in [-0.05, 0) is 18.5 Å². The Morgan fingerprint density at radius 3 is 2.83 bits per heavy atom. The number of aromatic nitrogens is 3. The lowest BCUT2D eigenvalue weighted by molar-refractivity contribution is 0.0795. The molecule has 2 rings (SSSR count). The lowest BCUT2D eigenvalue weighted by Gasteiger charge is -2.15. The van der Waals surface area contributed by atoms with Crippen LogP contribution in [0.2, 0.25) is 0 Å². The molecule has 0 aromatic carbocycles. The second-order valence-electron chi connectivity index (χ2n) is 4.02. The Balaban J connectivity index is 1.94. The largest absolute Gasteiger partial charge is 0.341 e. The fourth-order valence-corrected chi connectivity index (χ4v) is 2.20. The van der Waals surface area contributed by atoms with Crippen LogP contribution in [0.5, 0.6) is 0 Å². The SMILES string of the molecule is Cc1nc(CCN(C)C(=O)c2csnc2C)no1. The highest BCUT2D eigenvalue weighted by Gasteiger charge is 2.16. The van der Waals surface area contributed by atoms with Crippen molar-refractivity contribution in [1.29, 1.82) is 0 Å². The first-order valence-electron chi connectivity index (χ1n) is 5.53. The first-order valence-corrected chi connectivity index (χ1v) is 6.37. The van der Waals surface area contributed by atoms with Crippen molar-refractivity contribution in [2.24, 2.45) is 0 Å². The molecule has 0 spiro atoms. The molecule has 0 bridgehead atoms. The van der Waals surface area contributed by atoms with Crippen LogP contribution < -0.4 is 0 Å². The fourth-order valence-electron chi connectivity index (χ4n) is 1.52. The molecule has 2 heterocycles. The van der Waals surface area contributed by atoms with Crippen molar-refractivity contribution in [3.8, 4) is 0 Å². The van der Waals surface area contributed by atoms with E-state index in [-0.39, 0.29) is 5.91 Å². The lowest BCUT2D eigenvalue weighted by atomic mass is 10.2. The van der Waals surface area contributed by atoms with Gasteiger partial charge in [-0.3, -0.25) is 4.79 Å². The number of nitrogens with zero attached hydrogens (tertiary/aromatic N) is 4. The molecule has 0 saturated heterocycles. The van der Waals surface area contributed by atoms with Gasteiger partial charge in [-0.25, -0.2) is 0 Å². The average molecular weight is 266 g/mol. The maximum Gasteiger partial charge on any atom is 0.256 e. The van der Waals surface area contributed by atoms with Gasteiger partial charge in [0.1, 0.15) is 0 Å². The predicted molar refractivity (Wildman–Crippen MR) is 66.6 cm³/mol. The molecule has 0 unspecified atom stereocenters. The van der Waals surface area contributed by atoms with Crippen molar-refractivity contribution in [3.63, 3.8) is 0 Å². The molecule has 2 aromatic rings. The van der Waals surface area contributed by atoms with Gasteiger partial charge < -0.3 is 9.42 Å². The molecular formula is C11H14N4O2S. The van der Waals surface area contributed by atoms with Crippen molar-refractivity contribution >= 4 is 17.4 Å². The summed E-state index contributed by atoms with van der Waals surface area (Å²) in [6.45, 7) is 4.12. The zero-order valence-corrected chi connectivity index (χ0v) is 11.3. The molecule has 0 aliphatic carbocycles. The third kappa shape index (κ3) is 2.73. The summed E-state index contributed by atoms with van der Waals surface area (Å²) < 4.78 is 8.97. The zero-order chi connectivity index (χ0) is 13.1. The van der Waals surface area contributed by atoms with Crippen LogP contribution in [0.25, 0.3) is 0 Å². The highest BCUT2D eigenvalue weighted by Crippen LogP contribution is 2.11. The third-order valence-corrected chi connectivity index (χ3v) is 3.29. The van der Waals surface area contributed by atoms with Crippen molar-refractivity contribution in [2.75, 3.05) is 13.6 Å². The van der Waals surface area contributed by atoms with Crippen LogP contribution in [0.15, 0.2) is 9.90 Å². The summed E-state index contributed by atoms with van der Waals surface area (Å²) in [6.07, 6.45) is 0.580. The summed E-state index contributed by atoms with van der Waals surface area (Å²) in [5.41, 5.74) is 1.43. The van der Waals surface area contributed by atoms with Crippen molar-refractivity contribution < 1.29 is 9.32 Å². The Morgan fingerprint density at radius 2 is 2.28 bits per heavy atom. The molecule has 0 atom stereocenters. The Bertz CT molecular complexity index is 549. The second-order valence-corrected chi connectivity index (χ2v) is 4.65. The third-order valence-electron chi connectivity index (χ3n) is 2.57. The maximum absolute atomic E-state index is 12.1. The van der Waals surface area contributed by atoms with Crippen LogP contribution in [-0.4, -0.2) is 38.9 Å². The highest BCUT2D eigenvalue weighted by molar-refractivity contribution is 7.03. The molecule has 0 aliphatic heterocycles. The standard InChI is InChI=1S/C11H14N4O2S/c1-7-9(6-18-14-7)11(16)15(3)5-4-10-12-8(2)17-13-10/h6H,4-5H2,1-3H3. The second kappa shape index (κ2) is 5.26. The summed E-state index contributed by atoms with van der Waals surface area (Å²) in [5.74, 6) is 1.13. The van der Waals surface area contributed by atoms with Gasteiger partial charge in [0.15, 0.2) is 5.82 Å². The summed E-state index contributed by atoms with van der Waals surface area (Å²) in [5, 5.41) is 5.56. The Morgan fingerprint density at radius 1 is 1.50 bits per heavy atom. The topological polar surface area (TPSA) is 72.1 Å². The molecule has 0 radical (unpaired) electrons. The molecule has 0 saturated carbocycles. The van der Waals surface area contributed by atoms with Crippen molar-refractivity contribution in [1.82, 2.24) is 19.4 Å². The van der Waals surface area contributed by atoms with Crippen LogP contribution in [-0.2, 0) is 6.42 Å². The van der Waals surface area contributed by atoms with E-state index in [1.807, 2.05) is 6.92 Å². The number of hydrogen-bond donors (Lipinski definition) is 0. The number of amides is 1. The molecule has 0 N–H and O–H groups in total. The van der Waals surface area contributed by atoms with Crippen molar-refractivity contribution in [3.05, 3.63) is 28.4 Å². The van der Waals surface area contributed by atoms with E-state index in [4.69, 9.17) is 4.52 Å². The molecule has 1 amide bonds. The lowest BCUT2D eigenvalue weighted by Crippen LogP contribution is -2.29. The van der Waals surface area contributed by atoms with Gasteiger partial charge in [-0.15, -0.1) is 0 Å². The molecule has 7 heteroatoms. The van der Waals surface area contributed by atoms with E-state index in [2.05, 4.69) is 14.5 Å². The minimum absolute atomic E-state index is 0.0264. The highest BCUT2D eigenvalue weighted by atomic mass is 32.1. The minimum atomic E-state index is -0.0264. The summed E-state index contributed by atoms with van der Waals surface area (Å²) in [6, 6.07) is 0. The van der Waals surface area contributed by atoms with Crippen LogP contribution >= 0.6 is 11.5 Å². The Kier molecular flexibility index (Phi) is 3.71. The van der Waals surface area contributed by atoms with Crippen LogP contribution in [0.3, 0.4) is 0 Å². The van der Waals surface area contributed by atoms with E-state index in [1.54, 1.807) is 24.3 Å². The van der Waals surface area contributed by atoms with Crippen LogP contribution in [0.4, 0.5) is 0 Å². The number of rotatable bonds is 4. The molecule has 0 aliphatic rings. The van der Waals surface area contributed by atoms with Gasteiger partial charge in [-0.2, -0.15) is 9.36 Å². The fraction of sp³-hybridized carbons (Fsp3) is 0.455. The van der Waals surface area contributed by atoms with Gasteiger partial charge in [0.2, 0.25) is 5.89 Å². The van der Waals surface area contributed by atoms with E-state index >= 15 is 0 Å². The van der Waals surface area contributed by atoms with Gasteiger partial charge in [-0.1, -0.05) is 5.16 Å². The number of carbonyl (C=O) groups is 1. The predicted octanol–water partition coefficient (Wildman–Crippen LogP) is 1.46. The summed E-state index contributed by atoms with van der Waals surface area (Å²) in [7, 11) is 1.76. The van der Waals surface area contributed by atoms with Gasteiger partial charge in [0, 0.05) is 32.3 Å². The monoisotopic (exact) mass is 266 g/mol. The van der Waals surface area contributed by atoms with E-state index in [1.165, 1.54) is 11.5 Å². The van der Waals surface area contributed by atoms with Gasteiger partial charge in [0.05, 0.1) is 11.3 Å². The first-order chi connectivity index (χ1) is 8.58. The number of aryl methyl sites for hydroxylation is 2. The zero-order valence-electron chi connectivity index (χ0n) is 10.5. The summed E-state index contributed by atoms with van der Waals surface area (Å²) >= 11 is 1.29. The Hall–Kier alpha value is -1.76. The van der Waals surface area contributed by atoms with E-state index < -0.39 is 0 Å². The number of hydrogen-bond acceptors (Lipinski definition) is 6. The molecular weight excluding hydrogens is 252 g/mol. The Labute approximate surface area is 109 Å².